The molecule has 0 saturated carbocycles. The van der Waals surface area contributed by atoms with Crippen molar-refractivity contribution in [1.82, 2.24) is 5.32 Å². The molecule has 4 heteroatoms. The fraction of sp³-hybridized carbons (Fsp3) is 0.455. The maximum atomic E-state index is 13.0. The molecule has 1 N–H and O–H groups in total. The van der Waals surface area contributed by atoms with Gasteiger partial charge in [0.15, 0.2) is 0 Å². The van der Waals surface area contributed by atoms with Gasteiger partial charge in [0.2, 0.25) is 0 Å². The Morgan fingerprint density at radius 2 is 2.13 bits per heavy atom. The van der Waals surface area contributed by atoms with Crippen LogP contribution in [0.3, 0.4) is 0 Å². The van der Waals surface area contributed by atoms with Gasteiger partial charge in [-0.2, -0.15) is 0 Å². The van der Waals surface area contributed by atoms with Gasteiger partial charge >= 0.3 is 0 Å². The Balaban J connectivity index is 0.00000112. The minimum Gasteiger partial charge on any atom is -0.310 e. The second-order valence-corrected chi connectivity index (χ2v) is 4.53. The van der Waals surface area contributed by atoms with Crippen LogP contribution in [0.5, 0.6) is 0 Å². The molecule has 1 aromatic rings. The molecule has 1 aliphatic rings. The predicted octanol–water partition coefficient (Wildman–Crippen LogP) is 3.82. The van der Waals surface area contributed by atoms with E-state index in [1.54, 1.807) is 0 Å². The summed E-state index contributed by atoms with van der Waals surface area (Å²) in [5.74, 6) is -0.190. The van der Waals surface area contributed by atoms with E-state index in [-0.39, 0.29) is 18.2 Å². The van der Waals surface area contributed by atoms with Gasteiger partial charge in [-0.1, -0.05) is 12.5 Å². The first-order valence-electron chi connectivity index (χ1n) is 4.96. The highest BCUT2D eigenvalue weighted by molar-refractivity contribution is 9.10. The van der Waals surface area contributed by atoms with Crippen LogP contribution in [0.2, 0.25) is 0 Å². The lowest BCUT2D eigenvalue weighted by Gasteiger charge is -2.23. The van der Waals surface area contributed by atoms with Gasteiger partial charge in [0.05, 0.1) is 4.47 Å². The number of rotatable bonds is 1. The summed E-state index contributed by atoms with van der Waals surface area (Å²) in [6.45, 7) is 1.07. The van der Waals surface area contributed by atoms with Crippen LogP contribution in [-0.4, -0.2) is 6.54 Å². The van der Waals surface area contributed by atoms with Gasteiger partial charge in [-0.25, -0.2) is 4.39 Å². The molecule has 0 aromatic heterocycles. The minimum atomic E-state index is -0.190. The lowest BCUT2D eigenvalue weighted by Crippen LogP contribution is -2.26. The van der Waals surface area contributed by atoms with Crippen LogP contribution in [0.15, 0.2) is 22.7 Å². The van der Waals surface area contributed by atoms with Crippen molar-refractivity contribution in [2.45, 2.75) is 25.3 Å². The van der Waals surface area contributed by atoms with Crippen LogP contribution < -0.4 is 5.32 Å². The van der Waals surface area contributed by atoms with Gasteiger partial charge in [-0.15, -0.1) is 12.4 Å². The highest BCUT2D eigenvalue weighted by Crippen LogP contribution is 2.26. The maximum absolute atomic E-state index is 13.0. The second kappa shape index (κ2) is 5.83. The first kappa shape index (κ1) is 12.9. The second-order valence-electron chi connectivity index (χ2n) is 3.68. The van der Waals surface area contributed by atoms with Crippen molar-refractivity contribution in [3.63, 3.8) is 0 Å². The molecule has 1 aromatic carbocycles. The largest absolute Gasteiger partial charge is 0.310 e. The number of halogens is 3. The third-order valence-electron chi connectivity index (χ3n) is 2.66. The fourth-order valence-electron chi connectivity index (χ4n) is 1.87. The van der Waals surface area contributed by atoms with E-state index in [1.165, 1.54) is 24.5 Å². The smallest absolute Gasteiger partial charge is 0.137 e. The molecule has 0 bridgehead atoms. The van der Waals surface area contributed by atoms with Crippen LogP contribution in [0.4, 0.5) is 4.39 Å². The van der Waals surface area contributed by atoms with Crippen molar-refractivity contribution < 1.29 is 4.39 Å². The molecule has 1 atom stereocenters. The normalized spacial score (nSPS) is 20.8. The molecule has 1 aliphatic heterocycles. The molecule has 1 nitrogen and oxygen atoms in total. The number of benzene rings is 1. The Bertz CT molecular complexity index is 326. The minimum absolute atomic E-state index is 0. The highest BCUT2D eigenvalue weighted by atomic mass is 79.9. The van der Waals surface area contributed by atoms with Crippen LogP contribution in [0.1, 0.15) is 30.9 Å². The summed E-state index contributed by atoms with van der Waals surface area (Å²) in [4.78, 5) is 0. The molecule has 0 radical (unpaired) electrons. The van der Waals surface area contributed by atoms with Crippen molar-refractivity contribution in [3.8, 4) is 0 Å². The number of hydrogen-bond acceptors (Lipinski definition) is 1. The van der Waals surface area contributed by atoms with E-state index < -0.39 is 0 Å². The summed E-state index contributed by atoms with van der Waals surface area (Å²) >= 11 is 3.21. The molecule has 15 heavy (non-hydrogen) atoms. The number of hydrogen-bond donors (Lipinski definition) is 1. The standard InChI is InChI=1S/C11H13BrFN.ClH/c12-9-7-8(4-5-10(9)13)11-3-1-2-6-14-11;/h4-5,7,11,14H,1-3,6H2;1H/t11-;/m0./s1. The maximum Gasteiger partial charge on any atom is 0.137 e. The number of nitrogens with one attached hydrogen (secondary N) is 1. The zero-order valence-electron chi connectivity index (χ0n) is 8.30. The van der Waals surface area contributed by atoms with E-state index in [0.29, 0.717) is 10.5 Å². The molecule has 0 unspecified atom stereocenters. The van der Waals surface area contributed by atoms with Gasteiger partial charge in [-0.3, -0.25) is 0 Å². The Hall–Kier alpha value is -0.120. The molecule has 0 amide bonds. The molecule has 0 spiro atoms. The van der Waals surface area contributed by atoms with Crippen molar-refractivity contribution in [2.75, 3.05) is 6.54 Å². The van der Waals surface area contributed by atoms with Gasteiger partial charge in [-0.05, 0) is 53.0 Å². The van der Waals surface area contributed by atoms with Gasteiger partial charge in [0, 0.05) is 6.04 Å². The van der Waals surface area contributed by atoms with Gasteiger partial charge in [0.1, 0.15) is 5.82 Å². The van der Waals surface area contributed by atoms with E-state index in [4.69, 9.17) is 0 Å². The average molecular weight is 295 g/mol. The van der Waals surface area contributed by atoms with E-state index >= 15 is 0 Å². The zero-order valence-corrected chi connectivity index (χ0v) is 10.7. The van der Waals surface area contributed by atoms with Crippen molar-refractivity contribution in [2.24, 2.45) is 0 Å². The summed E-state index contributed by atoms with van der Waals surface area (Å²) in [5.41, 5.74) is 1.18. The quantitative estimate of drug-likeness (QED) is 0.830. The fourth-order valence-corrected chi connectivity index (χ4v) is 2.26. The first-order valence-corrected chi connectivity index (χ1v) is 5.75. The van der Waals surface area contributed by atoms with Crippen LogP contribution in [0.25, 0.3) is 0 Å². The Kier molecular flexibility index (Phi) is 5.03. The van der Waals surface area contributed by atoms with Crippen LogP contribution >= 0.6 is 28.3 Å². The molecular weight excluding hydrogens is 280 g/mol. The molecule has 2 rings (SSSR count). The topological polar surface area (TPSA) is 12.0 Å². The third kappa shape index (κ3) is 3.16. The van der Waals surface area contributed by atoms with Gasteiger partial charge in [0.25, 0.3) is 0 Å². The molecule has 1 saturated heterocycles. The Morgan fingerprint density at radius 1 is 1.33 bits per heavy atom. The monoisotopic (exact) mass is 293 g/mol. The van der Waals surface area contributed by atoms with Crippen molar-refractivity contribution >= 4 is 28.3 Å². The van der Waals surface area contributed by atoms with Crippen molar-refractivity contribution in [3.05, 3.63) is 34.1 Å². The SMILES string of the molecule is Cl.Fc1ccc([C@@H]2CCCCN2)cc1Br. The molecule has 84 valence electrons. The first-order chi connectivity index (χ1) is 6.77. The summed E-state index contributed by atoms with van der Waals surface area (Å²) in [6, 6.07) is 5.66. The molecular formula is C11H14BrClFN. The lowest BCUT2D eigenvalue weighted by molar-refractivity contribution is 0.412. The average Bonchev–Trinajstić information content (AvgIpc) is 2.23. The van der Waals surface area contributed by atoms with E-state index in [0.717, 1.165) is 13.0 Å². The molecule has 1 heterocycles. The predicted molar refractivity (Wildman–Crippen MR) is 65.9 cm³/mol. The lowest BCUT2D eigenvalue weighted by atomic mass is 9.98. The summed E-state index contributed by atoms with van der Waals surface area (Å²) in [5, 5.41) is 3.44. The third-order valence-corrected chi connectivity index (χ3v) is 3.26. The highest BCUT2D eigenvalue weighted by Gasteiger charge is 2.15. The summed E-state index contributed by atoms with van der Waals surface area (Å²) in [7, 11) is 0. The zero-order chi connectivity index (χ0) is 9.97. The van der Waals surface area contributed by atoms with Crippen LogP contribution in [-0.2, 0) is 0 Å². The summed E-state index contributed by atoms with van der Waals surface area (Å²) < 4.78 is 13.6. The van der Waals surface area contributed by atoms with Crippen molar-refractivity contribution in [1.29, 1.82) is 0 Å². The van der Waals surface area contributed by atoms with Crippen LogP contribution in [0, 0.1) is 5.82 Å². The van der Waals surface area contributed by atoms with E-state index in [9.17, 15) is 4.39 Å². The molecule has 1 fully saturated rings. The van der Waals surface area contributed by atoms with E-state index in [2.05, 4.69) is 21.2 Å². The number of piperidine rings is 1. The van der Waals surface area contributed by atoms with E-state index in [1.807, 2.05) is 12.1 Å². The Morgan fingerprint density at radius 3 is 2.73 bits per heavy atom. The van der Waals surface area contributed by atoms with Gasteiger partial charge < -0.3 is 5.32 Å². The molecule has 0 aliphatic carbocycles. The summed E-state index contributed by atoms with van der Waals surface area (Å²) in [6.07, 6.45) is 3.66. The Labute approximate surface area is 104 Å².